The van der Waals surface area contributed by atoms with E-state index in [2.05, 4.69) is 18.2 Å². The maximum absolute atomic E-state index is 14.4. The Bertz CT molecular complexity index is 1160. The van der Waals surface area contributed by atoms with Crippen LogP contribution in [0, 0.1) is 41.2 Å². The molecule has 0 aromatic heterocycles. The number of hydrogen-bond donors (Lipinski definition) is 1. The fourth-order valence-corrected chi connectivity index (χ4v) is 7.50. The number of hydrogen-bond acceptors (Lipinski definition) is 2. The van der Waals surface area contributed by atoms with Gasteiger partial charge in [0.15, 0.2) is 17.4 Å². The van der Waals surface area contributed by atoms with Crippen molar-refractivity contribution >= 4 is 11.7 Å². The molecule has 5 heteroatoms. The van der Waals surface area contributed by atoms with Gasteiger partial charge in [-0.1, -0.05) is 24.5 Å². The molecule has 0 aliphatic heterocycles. The summed E-state index contributed by atoms with van der Waals surface area (Å²) in [5.41, 5.74) is 3.21. The van der Waals surface area contributed by atoms with Crippen molar-refractivity contribution < 1.29 is 18.4 Å². The van der Waals surface area contributed by atoms with E-state index in [1.807, 2.05) is 0 Å². The average Bonchev–Trinajstić information content (AvgIpc) is 3.06. The Hall–Kier alpha value is -2.74. The molecular weight excluding hydrogens is 420 g/mol. The summed E-state index contributed by atoms with van der Waals surface area (Å²) in [6.07, 6.45) is 13.1. The molecule has 2 saturated carbocycles. The van der Waals surface area contributed by atoms with E-state index in [0.29, 0.717) is 25.7 Å². The van der Waals surface area contributed by atoms with Crippen LogP contribution in [0.4, 0.5) is 8.78 Å². The normalized spacial score (nSPS) is 35.2. The van der Waals surface area contributed by atoms with Crippen LogP contribution in [0.3, 0.4) is 0 Å². The quantitative estimate of drug-likeness (QED) is 0.617. The molecule has 4 aliphatic carbocycles. The first-order chi connectivity index (χ1) is 15.7. The Morgan fingerprint density at radius 3 is 2.67 bits per heavy atom. The molecule has 3 nitrogen and oxygen atoms in total. The van der Waals surface area contributed by atoms with Crippen LogP contribution in [0.25, 0.3) is 0 Å². The number of terminal acetylenes is 1. The minimum atomic E-state index is -0.863. The fourth-order valence-electron chi connectivity index (χ4n) is 7.50. The predicted molar refractivity (Wildman–Crippen MR) is 122 cm³/mol. The highest BCUT2D eigenvalue weighted by Gasteiger charge is 2.63. The molecule has 0 heterocycles. The lowest BCUT2D eigenvalue weighted by Crippen LogP contribution is -2.59. The van der Waals surface area contributed by atoms with Crippen molar-refractivity contribution in [3.05, 3.63) is 58.2 Å². The van der Waals surface area contributed by atoms with E-state index in [4.69, 9.17) is 6.42 Å². The van der Waals surface area contributed by atoms with Gasteiger partial charge < -0.3 is 5.32 Å². The Morgan fingerprint density at radius 2 is 1.97 bits per heavy atom. The maximum Gasteiger partial charge on any atom is 0.218 e. The Balaban J connectivity index is 1.70. The number of carbonyl (C=O) groups excluding carboxylic acids is 2. The Kier molecular flexibility index (Phi) is 5.12. The molecular formula is C28H29F2NO2. The molecule has 4 aliphatic rings. The molecule has 1 amide bonds. The zero-order chi connectivity index (χ0) is 23.5. The molecule has 5 atom stereocenters. The lowest BCUT2D eigenvalue weighted by atomic mass is 9.50. The van der Waals surface area contributed by atoms with Gasteiger partial charge in [-0.2, -0.15) is 0 Å². The van der Waals surface area contributed by atoms with Gasteiger partial charge in [0.2, 0.25) is 5.91 Å². The number of fused-ring (bicyclic) bond motifs is 4. The largest absolute Gasteiger partial charge is 0.340 e. The smallest absolute Gasteiger partial charge is 0.218 e. The van der Waals surface area contributed by atoms with Gasteiger partial charge in [-0.25, -0.2) is 8.78 Å². The van der Waals surface area contributed by atoms with Gasteiger partial charge >= 0.3 is 0 Å². The third-order valence-electron chi connectivity index (χ3n) is 8.91. The fraction of sp³-hybridized carbons (Fsp3) is 0.500. The van der Waals surface area contributed by atoms with Crippen molar-refractivity contribution in [2.24, 2.45) is 17.3 Å². The second-order valence-corrected chi connectivity index (χ2v) is 10.4. The van der Waals surface area contributed by atoms with E-state index < -0.39 is 17.2 Å². The summed E-state index contributed by atoms with van der Waals surface area (Å²) >= 11 is 0. The van der Waals surface area contributed by atoms with E-state index in [1.165, 1.54) is 30.2 Å². The van der Waals surface area contributed by atoms with Crippen LogP contribution in [0.1, 0.15) is 70.3 Å². The summed E-state index contributed by atoms with van der Waals surface area (Å²) < 4.78 is 28.2. The first-order valence-electron chi connectivity index (χ1n) is 11.9. The van der Waals surface area contributed by atoms with Crippen molar-refractivity contribution in [3.8, 4) is 12.3 Å². The van der Waals surface area contributed by atoms with E-state index in [-0.39, 0.29) is 34.9 Å². The van der Waals surface area contributed by atoms with E-state index in [0.717, 1.165) is 30.4 Å². The third-order valence-corrected chi connectivity index (χ3v) is 8.91. The summed E-state index contributed by atoms with van der Waals surface area (Å²) in [6.45, 7) is 3.67. The molecule has 0 saturated heterocycles. The minimum absolute atomic E-state index is 0.141. The SMILES string of the molecule is C#C[C@]1(NC(C)=O)CC[C@H]2[C@@H]3CCC4=CC(=O)CCC4=C3[C@@H](c3ccc(F)c(F)c3)C[C@@]21C. The molecule has 172 valence electrons. The van der Waals surface area contributed by atoms with Gasteiger partial charge in [-0.15, -0.1) is 6.42 Å². The van der Waals surface area contributed by atoms with Crippen molar-refractivity contribution in [1.29, 1.82) is 0 Å². The topological polar surface area (TPSA) is 46.2 Å². The first kappa shape index (κ1) is 22.1. The monoisotopic (exact) mass is 449 g/mol. The van der Waals surface area contributed by atoms with Crippen LogP contribution in [-0.2, 0) is 9.59 Å². The van der Waals surface area contributed by atoms with E-state index >= 15 is 0 Å². The van der Waals surface area contributed by atoms with Crippen molar-refractivity contribution in [3.63, 3.8) is 0 Å². The highest BCUT2D eigenvalue weighted by Crippen LogP contribution is 2.66. The van der Waals surface area contributed by atoms with Crippen molar-refractivity contribution in [2.45, 2.75) is 70.3 Å². The highest BCUT2D eigenvalue weighted by atomic mass is 19.2. The Labute approximate surface area is 193 Å². The van der Waals surface area contributed by atoms with Gasteiger partial charge in [-0.05, 0) is 85.3 Å². The third kappa shape index (κ3) is 3.21. The summed E-state index contributed by atoms with van der Waals surface area (Å²) in [6, 6.07) is 4.18. The molecule has 33 heavy (non-hydrogen) atoms. The number of nitrogens with one attached hydrogen (secondary N) is 1. The number of rotatable bonds is 2. The number of benzene rings is 1. The standard InChI is InChI=1S/C28H29F2NO2/c1-4-28(31-16(2)32)12-11-23-21-8-5-17-13-19(33)7-9-20(17)26(21)22(15-27(23,28)3)18-6-10-24(29)25(30)14-18/h1,6,10,13-14,21-23H,5,7-9,11-12,15H2,2-3H3,(H,31,32)/t21-,22+,23-,27-,28-/m0/s1. The van der Waals surface area contributed by atoms with E-state index in [1.54, 1.807) is 12.1 Å². The molecule has 5 rings (SSSR count). The van der Waals surface area contributed by atoms with Crippen LogP contribution in [0.15, 0.2) is 41.0 Å². The second-order valence-electron chi connectivity index (χ2n) is 10.4. The summed E-state index contributed by atoms with van der Waals surface area (Å²) in [7, 11) is 0. The molecule has 1 aromatic rings. The summed E-state index contributed by atoms with van der Waals surface area (Å²) in [5, 5.41) is 3.11. The summed E-state index contributed by atoms with van der Waals surface area (Å²) in [4.78, 5) is 24.3. The molecule has 0 bridgehead atoms. The number of allylic oxidation sites excluding steroid dienone is 4. The Morgan fingerprint density at radius 1 is 1.18 bits per heavy atom. The average molecular weight is 450 g/mol. The molecule has 0 unspecified atom stereocenters. The van der Waals surface area contributed by atoms with Crippen LogP contribution in [0.5, 0.6) is 0 Å². The van der Waals surface area contributed by atoms with Crippen LogP contribution in [-0.4, -0.2) is 17.2 Å². The molecule has 1 aromatic carbocycles. The first-order valence-corrected chi connectivity index (χ1v) is 11.9. The zero-order valence-corrected chi connectivity index (χ0v) is 19.1. The molecule has 0 spiro atoms. The molecule has 0 radical (unpaired) electrons. The highest BCUT2D eigenvalue weighted by molar-refractivity contribution is 5.93. The number of ketones is 1. The zero-order valence-electron chi connectivity index (χ0n) is 19.1. The van der Waals surface area contributed by atoms with Crippen molar-refractivity contribution in [2.75, 3.05) is 0 Å². The number of halogens is 2. The minimum Gasteiger partial charge on any atom is -0.340 e. The second kappa shape index (κ2) is 7.65. The molecule has 2 fully saturated rings. The van der Waals surface area contributed by atoms with Gasteiger partial charge in [0.05, 0.1) is 0 Å². The lowest BCUT2D eigenvalue weighted by molar-refractivity contribution is -0.122. The number of amides is 1. The number of carbonyl (C=O) groups is 2. The van der Waals surface area contributed by atoms with Crippen molar-refractivity contribution in [1.82, 2.24) is 5.32 Å². The molecule has 1 N–H and O–H groups in total. The van der Waals surface area contributed by atoms with Crippen LogP contribution < -0.4 is 5.32 Å². The van der Waals surface area contributed by atoms with Gasteiger partial charge in [-0.3, -0.25) is 9.59 Å². The predicted octanol–water partition coefficient (Wildman–Crippen LogP) is 5.37. The van der Waals surface area contributed by atoms with Gasteiger partial charge in [0, 0.05) is 24.7 Å². The maximum atomic E-state index is 14.4. The lowest BCUT2D eigenvalue weighted by Gasteiger charge is -2.55. The summed E-state index contributed by atoms with van der Waals surface area (Å²) in [5.74, 6) is 1.63. The van der Waals surface area contributed by atoms with Crippen LogP contribution in [0.2, 0.25) is 0 Å². The van der Waals surface area contributed by atoms with Crippen LogP contribution >= 0.6 is 0 Å². The van der Waals surface area contributed by atoms with Gasteiger partial charge in [0.25, 0.3) is 0 Å². The van der Waals surface area contributed by atoms with Gasteiger partial charge in [0.1, 0.15) is 5.54 Å². The van der Waals surface area contributed by atoms with E-state index in [9.17, 15) is 18.4 Å².